The van der Waals surface area contributed by atoms with Gasteiger partial charge in [0.05, 0.1) is 5.69 Å². The molecule has 0 saturated carbocycles. The SMILES string of the molecule is O=C1C=C=Nc2ccccc21. The lowest BCUT2D eigenvalue weighted by Crippen LogP contribution is -1.97. The fourth-order valence-corrected chi connectivity index (χ4v) is 1.02. The van der Waals surface area contributed by atoms with E-state index >= 15 is 0 Å². The number of fused-ring (bicyclic) bond motifs is 1. The number of carbonyl (C=O) groups excluding carboxylic acids is 1. The number of nitrogens with zero attached hydrogens (tertiary/aromatic N) is 1. The molecule has 2 heteroatoms. The zero-order valence-electron chi connectivity index (χ0n) is 5.74. The summed E-state index contributed by atoms with van der Waals surface area (Å²) in [4.78, 5) is 15.0. The van der Waals surface area contributed by atoms with Gasteiger partial charge in [0.15, 0.2) is 5.78 Å². The van der Waals surface area contributed by atoms with Crippen LogP contribution < -0.4 is 0 Å². The van der Waals surface area contributed by atoms with Crippen molar-refractivity contribution in [1.29, 1.82) is 0 Å². The molecule has 52 valence electrons. The number of hydrogen-bond acceptors (Lipinski definition) is 2. The Bertz CT molecular complexity index is 358. The average molecular weight is 143 g/mol. The Morgan fingerprint density at radius 2 is 2.09 bits per heavy atom. The Balaban J connectivity index is 2.74. The Morgan fingerprint density at radius 1 is 1.27 bits per heavy atom. The van der Waals surface area contributed by atoms with E-state index < -0.39 is 0 Å². The van der Waals surface area contributed by atoms with Crippen LogP contribution in [0, 0.1) is 0 Å². The number of rotatable bonds is 0. The van der Waals surface area contributed by atoms with E-state index in [-0.39, 0.29) is 5.78 Å². The lowest BCUT2D eigenvalue weighted by atomic mass is 10.1. The highest BCUT2D eigenvalue weighted by Crippen LogP contribution is 2.20. The van der Waals surface area contributed by atoms with Crippen LogP contribution in [0.4, 0.5) is 5.69 Å². The second kappa shape index (κ2) is 2.19. The van der Waals surface area contributed by atoms with Gasteiger partial charge < -0.3 is 0 Å². The maximum absolute atomic E-state index is 11.1. The lowest BCUT2D eigenvalue weighted by molar-refractivity contribution is 0.104. The van der Waals surface area contributed by atoms with Crippen LogP contribution in [0.3, 0.4) is 0 Å². The van der Waals surface area contributed by atoms with Gasteiger partial charge in [0, 0.05) is 11.6 Å². The van der Waals surface area contributed by atoms with Crippen molar-refractivity contribution in [3.8, 4) is 0 Å². The van der Waals surface area contributed by atoms with Gasteiger partial charge in [-0.25, -0.2) is 4.99 Å². The second-order valence-corrected chi connectivity index (χ2v) is 2.27. The molecule has 1 heterocycles. The summed E-state index contributed by atoms with van der Waals surface area (Å²) in [6.07, 6.45) is 1.35. The summed E-state index contributed by atoms with van der Waals surface area (Å²) in [6, 6.07) is 7.24. The van der Waals surface area contributed by atoms with Crippen LogP contribution in [-0.4, -0.2) is 11.7 Å². The van der Waals surface area contributed by atoms with Gasteiger partial charge in [0.25, 0.3) is 0 Å². The van der Waals surface area contributed by atoms with E-state index in [2.05, 4.69) is 10.9 Å². The first-order valence-electron chi connectivity index (χ1n) is 3.31. The van der Waals surface area contributed by atoms with Crippen LogP contribution >= 0.6 is 0 Å². The molecule has 0 unspecified atom stereocenters. The third kappa shape index (κ3) is 0.896. The molecule has 1 aliphatic heterocycles. The predicted molar refractivity (Wildman–Crippen MR) is 42.4 cm³/mol. The van der Waals surface area contributed by atoms with Gasteiger partial charge in [0.2, 0.25) is 0 Å². The van der Waals surface area contributed by atoms with E-state index in [0.717, 1.165) is 0 Å². The molecule has 0 amide bonds. The van der Waals surface area contributed by atoms with E-state index in [1.807, 2.05) is 12.1 Å². The van der Waals surface area contributed by atoms with Crippen LogP contribution in [0.25, 0.3) is 0 Å². The third-order valence-electron chi connectivity index (χ3n) is 1.55. The summed E-state index contributed by atoms with van der Waals surface area (Å²) in [5, 5.41) is 0. The third-order valence-corrected chi connectivity index (χ3v) is 1.55. The number of carbonyl (C=O) groups is 1. The van der Waals surface area contributed by atoms with Gasteiger partial charge >= 0.3 is 0 Å². The Morgan fingerprint density at radius 3 is 2.91 bits per heavy atom. The van der Waals surface area contributed by atoms with E-state index in [1.54, 1.807) is 12.1 Å². The Hall–Kier alpha value is -1.66. The molecule has 1 aromatic rings. The zero-order chi connectivity index (χ0) is 7.68. The van der Waals surface area contributed by atoms with E-state index in [0.29, 0.717) is 11.3 Å². The molecule has 11 heavy (non-hydrogen) atoms. The van der Waals surface area contributed by atoms with Crippen molar-refractivity contribution < 1.29 is 4.79 Å². The Kier molecular flexibility index (Phi) is 1.21. The predicted octanol–water partition coefficient (Wildman–Crippen LogP) is 1.74. The van der Waals surface area contributed by atoms with E-state index in [4.69, 9.17) is 0 Å². The molecule has 0 radical (unpaired) electrons. The molecule has 0 atom stereocenters. The number of hydrogen-bond donors (Lipinski definition) is 0. The Labute approximate surface area is 63.9 Å². The van der Waals surface area contributed by atoms with Crippen molar-refractivity contribution in [2.45, 2.75) is 0 Å². The van der Waals surface area contributed by atoms with E-state index in [1.165, 1.54) is 6.08 Å². The molecule has 0 spiro atoms. The van der Waals surface area contributed by atoms with Gasteiger partial charge in [-0.2, -0.15) is 0 Å². The monoisotopic (exact) mass is 143 g/mol. The van der Waals surface area contributed by atoms with Gasteiger partial charge in [-0.3, -0.25) is 4.79 Å². The van der Waals surface area contributed by atoms with Crippen molar-refractivity contribution in [3.63, 3.8) is 0 Å². The fourth-order valence-electron chi connectivity index (χ4n) is 1.02. The number of ketones is 1. The molecule has 0 N–H and O–H groups in total. The van der Waals surface area contributed by atoms with E-state index in [9.17, 15) is 4.79 Å². The van der Waals surface area contributed by atoms with Crippen molar-refractivity contribution in [2.75, 3.05) is 0 Å². The highest BCUT2D eigenvalue weighted by Gasteiger charge is 2.08. The quantitative estimate of drug-likeness (QED) is 0.544. The maximum atomic E-state index is 11.1. The number of para-hydroxylation sites is 1. The molecule has 0 fully saturated rings. The van der Waals surface area contributed by atoms with Crippen LogP contribution in [-0.2, 0) is 0 Å². The summed E-state index contributed by atoms with van der Waals surface area (Å²) in [5.41, 5.74) is 1.37. The van der Waals surface area contributed by atoms with Crippen molar-refractivity contribution in [1.82, 2.24) is 0 Å². The number of allylic oxidation sites excluding steroid dienone is 1. The topological polar surface area (TPSA) is 29.4 Å². The van der Waals surface area contributed by atoms with Gasteiger partial charge in [-0.1, -0.05) is 12.1 Å². The van der Waals surface area contributed by atoms with Gasteiger partial charge in [-0.15, -0.1) is 0 Å². The standard InChI is InChI=1S/C9H5NO/c11-9-5-6-10-8-4-2-1-3-7(8)9/h1-5H. The van der Waals surface area contributed by atoms with Crippen LogP contribution in [0.2, 0.25) is 0 Å². The highest BCUT2D eigenvalue weighted by atomic mass is 16.1. The maximum Gasteiger partial charge on any atom is 0.197 e. The van der Waals surface area contributed by atoms with Gasteiger partial charge in [-0.05, 0) is 18.0 Å². The molecule has 1 aromatic carbocycles. The summed E-state index contributed by atoms with van der Waals surface area (Å²) in [5.74, 6) is 2.52. The molecule has 0 aliphatic carbocycles. The highest BCUT2D eigenvalue weighted by molar-refractivity contribution is 6.14. The largest absolute Gasteiger partial charge is 0.288 e. The molecule has 0 aromatic heterocycles. The van der Waals surface area contributed by atoms with Crippen molar-refractivity contribution in [2.24, 2.45) is 4.99 Å². The first kappa shape index (κ1) is 6.08. The van der Waals surface area contributed by atoms with Crippen molar-refractivity contribution in [3.05, 3.63) is 35.9 Å². The average Bonchev–Trinajstić information content (AvgIpc) is 2.06. The van der Waals surface area contributed by atoms with Crippen LogP contribution in [0.5, 0.6) is 0 Å². The molecule has 1 aliphatic rings. The normalized spacial score (nSPS) is 13.3. The number of benzene rings is 1. The minimum atomic E-state index is -0.0180. The molecular formula is C9H5NO. The second-order valence-electron chi connectivity index (χ2n) is 2.27. The first-order chi connectivity index (χ1) is 5.38. The smallest absolute Gasteiger partial charge is 0.197 e. The lowest BCUT2D eigenvalue weighted by Gasteiger charge is -2.01. The minimum Gasteiger partial charge on any atom is -0.288 e. The molecule has 2 rings (SSSR count). The summed E-state index contributed by atoms with van der Waals surface area (Å²) >= 11 is 0. The molecule has 0 bridgehead atoms. The molecule has 2 nitrogen and oxygen atoms in total. The van der Waals surface area contributed by atoms with Crippen LogP contribution in [0.1, 0.15) is 10.4 Å². The minimum absolute atomic E-state index is 0.0180. The zero-order valence-corrected chi connectivity index (χ0v) is 5.74. The number of aliphatic imine (C=N–C) groups is 1. The first-order valence-corrected chi connectivity index (χ1v) is 3.31. The molecular weight excluding hydrogens is 138 g/mol. The van der Waals surface area contributed by atoms with Crippen LogP contribution in [0.15, 0.2) is 35.3 Å². The fraction of sp³-hybridized carbons (Fsp3) is 0. The van der Waals surface area contributed by atoms with Crippen molar-refractivity contribution >= 4 is 17.3 Å². The van der Waals surface area contributed by atoms with Gasteiger partial charge in [0.1, 0.15) is 0 Å². The summed E-state index contributed by atoms with van der Waals surface area (Å²) in [6.45, 7) is 0. The molecule has 0 saturated heterocycles. The summed E-state index contributed by atoms with van der Waals surface area (Å²) < 4.78 is 0. The summed E-state index contributed by atoms with van der Waals surface area (Å²) in [7, 11) is 0.